The van der Waals surface area contributed by atoms with Crippen molar-refractivity contribution in [3.8, 4) is 17.4 Å². The number of hydrogen-bond donors (Lipinski definition) is 2. The lowest BCUT2D eigenvalue weighted by atomic mass is 10.1. The fourth-order valence-electron chi connectivity index (χ4n) is 2.83. The Kier molecular flexibility index (Phi) is 6.44. The van der Waals surface area contributed by atoms with Gasteiger partial charge in [-0.05, 0) is 37.6 Å². The molecule has 0 radical (unpaired) electrons. The smallest absolute Gasteiger partial charge is 0.224 e. The molecular weight excluding hydrogens is 330 g/mol. The predicted octanol–water partition coefficient (Wildman–Crippen LogP) is 2.89. The molecule has 1 aliphatic rings. The van der Waals surface area contributed by atoms with Crippen molar-refractivity contribution in [3.05, 3.63) is 48.2 Å². The summed E-state index contributed by atoms with van der Waals surface area (Å²) in [6, 6.07) is 11.3. The molecule has 1 aromatic carbocycles. The van der Waals surface area contributed by atoms with E-state index in [0.29, 0.717) is 30.5 Å². The average molecular weight is 355 g/mol. The number of carbonyl (C=O) groups is 1. The van der Waals surface area contributed by atoms with Gasteiger partial charge in [0, 0.05) is 24.8 Å². The summed E-state index contributed by atoms with van der Waals surface area (Å²) in [4.78, 5) is 16.6. The van der Waals surface area contributed by atoms with E-state index in [1.165, 1.54) is 0 Å². The number of hydrogen-bond acceptors (Lipinski definition) is 5. The van der Waals surface area contributed by atoms with Gasteiger partial charge in [-0.2, -0.15) is 0 Å². The third-order valence-corrected chi connectivity index (χ3v) is 4.25. The zero-order chi connectivity index (χ0) is 18.2. The minimum atomic E-state index is 0.0409. The summed E-state index contributed by atoms with van der Waals surface area (Å²) in [5, 5.41) is 6.19. The van der Waals surface area contributed by atoms with Crippen LogP contribution in [0.3, 0.4) is 0 Å². The molecule has 1 amide bonds. The highest BCUT2D eigenvalue weighted by Crippen LogP contribution is 2.31. The Bertz CT molecular complexity index is 730. The van der Waals surface area contributed by atoms with Gasteiger partial charge in [0.1, 0.15) is 0 Å². The van der Waals surface area contributed by atoms with Gasteiger partial charge in [-0.3, -0.25) is 4.79 Å². The maximum absolute atomic E-state index is 12.2. The van der Waals surface area contributed by atoms with E-state index < -0.39 is 0 Å². The number of ether oxygens (including phenoxy) is 2. The third kappa shape index (κ3) is 4.73. The van der Waals surface area contributed by atoms with Crippen molar-refractivity contribution in [3.63, 3.8) is 0 Å². The Morgan fingerprint density at radius 3 is 2.88 bits per heavy atom. The van der Waals surface area contributed by atoms with Crippen LogP contribution in [0.5, 0.6) is 17.4 Å². The molecule has 1 atom stereocenters. The molecule has 3 rings (SSSR count). The van der Waals surface area contributed by atoms with Crippen LogP contribution in [0.4, 0.5) is 0 Å². The molecule has 138 valence electrons. The molecule has 2 heterocycles. The summed E-state index contributed by atoms with van der Waals surface area (Å²) >= 11 is 0. The lowest BCUT2D eigenvalue weighted by Gasteiger charge is -2.15. The number of nitrogens with zero attached hydrogens (tertiary/aromatic N) is 1. The number of para-hydroxylation sites is 2. The largest absolute Gasteiger partial charge is 0.490 e. The molecule has 6 nitrogen and oxygen atoms in total. The first-order valence-corrected chi connectivity index (χ1v) is 9.10. The molecule has 26 heavy (non-hydrogen) atoms. The standard InChI is InChI=1S/C20H25N3O3/c1-2-12-25-17-7-3-4-8-18(17)26-20-16(6-5-10-22-20)14-23-19(24)15-9-11-21-13-15/h3-8,10,15,21H,2,9,11-14H2,1H3,(H,23,24). The van der Waals surface area contributed by atoms with Crippen LogP contribution in [0.2, 0.25) is 0 Å². The van der Waals surface area contributed by atoms with Crippen LogP contribution < -0.4 is 20.1 Å². The molecule has 0 aliphatic carbocycles. The predicted molar refractivity (Wildman–Crippen MR) is 99.4 cm³/mol. The summed E-state index contributed by atoms with van der Waals surface area (Å²) in [5.74, 6) is 1.89. The highest BCUT2D eigenvalue weighted by molar-refractivity contribution is 5.79. The van der Waals surface area contributed by atoms with Gasteiger partial charge in [0.15, 0.2) is 11.5 Å². The lowest BCUT2D eigenvalue weighted by molar-refractivity contribution is -0.124. The van der Waals surface area contributed by atoms with E-state index in [4.69, 9.17) is 9.47 Å². The molecule has 2 aromatic rings. The summed E-state index contributed by atoms with van der Waals surface area (Å²) < 4.78 is 11.7. The van der Waals surface area contributed by atoms with Crippen molar-refractivity contribution in [2.75, 3.05) is 19.7 Å². The van der Waals surface area contributed by atoms with Crippen LogP contribution in [0.25, 0.3) is 0 Å². The van der Waals surface area contributed by atoms with Gasteiger partial charge in [0.05, 0.1) is 12.5 Å². The van der Waals surface area contributed by atoms with E-state index in [1.54, 1.807) is 6.20 Å². The highest BCUT2D eigenvalue weighted by Gasteiger charge is 2.22. The van der Waals surface area contributed by atoms with Crippen molar-refractivity contribution in [2.24, 2.45) is 5.92 Å². The first-order chi connectivity index (χ1) is 12.8. The van der Waals surface area contributed by atoms with E-state index in [1.807, 2.05) is 36.4 Å². The fraction of sp³-hybridized carbons (Fsp3) is 0.400. The Morgan fingerprint density at radius 1 is 1.27 bits per heavy atom. The first-order valence-electron chi connectivity index (χ1n) is 9.10. The molecule has 1 fully saturated rings. The summed E-state index contributed by atoms with van der Waals surface area (Å²) in [7, 11) is 0. The molecule has 6 heteroatoms. The van der Waals surface area contributed by atoms with E-state index in [-0.39, 0.29) is 11.8 Å². The molecule has 1 aromatic heterocycles. The van der Waals surface area contributed by atoms with E-state index in [9.17, 15) is 4.79 Å². The number of pyridine rings is 1. The second kappa shape index (κ2) is 9.20. The number of nitrogens with one attached hydrogen (secondary N) is 2. The van der Waals surface area contributed by atoms with E-state index in [2.05, 4.69) is 22.5 Å². The van der Waals surface area contributed by atoms with Crippen LogP contribution in [-0.2, 0) is 11.3 Å². The number of benzene rings is 1. The van der Waals surface area contributed by atoms with Gasteiger partial charge in [0.2, 0.25) is 11.8 Å². The van der Waals surface area contributed by atoms with Gasteiger partial charge in [-0.15, -0.1) is 0 Å². The number of carbonyl (C=O) groups excluding carboxylic acids is 1. The zero-order valence-electron chi connectivity index (χ0n) is 15.0. The van der Waals surface area contributed by atoms with Gasteiger partial charge < -0.3 is 20.1 Å². The average Bonchev–Trinajstić information content (AvgIpc) is 3.21. The van der Waals surface area contributed by atoms with Crippen LogP contribution in [-0.4, -0.2) is 30.6 Å². The second-order valence-electron chi connectivity index (χ2n) is 6.27. The van der Waals surface area contributed by atoms with Gasteiger partial charge >= 0.3 is 0 Å². The Labute approximate surface area is 153 Å². The monoisotopic (exact) mass is 355 g/mol. The second-order valence-corrected chi connectivity index (χ2v) is 6.27. The van der Waals surface area contributed by atoms with Gasteiger partial charge in [-0.25, -0.2) is 4.98 Å². The topological polar surface area (TPSA) is 72.5 Å². The maximum Gasteiger partial charge on any atom is 0.224 e. The molecule has 0 spiro atoms. The van der Waals surface area contributed by atoms with Crippen LogP contribution in [0, 0.1) is 5.92 Å². The van der Waals surface area contributed by atoms with E-state index in [0.717, 1.165) is 31.5 Å². The van der Waals surface area contributed by atoms with Crippen LogP contribution >= 0.6 is 0 Å². The van der Waals surface area contributed by atoms with Crippen molar-refractivity contribution >= 4 is 5.91 Å². The molecule has 0 bridgehead atoms. The third-order valence-electron chi connectivity index (χ3n) is 4.25. The Balaban J connectivity index is 1.68. The van der Waals surface area contributed by atoms with Crippen LogP contribution in [0.15, 0.2) is 42.6 Å². The summed E-state index contributed by atoms with van der Waals surface area (Å²) in [6.45, 7) is 4.71. The van der Waals surface area contributed by atoms with Crippen molar-refractivity contribution < 1.29 is 14.3 Å². The molecule has 0 saturated carbocycles. The van der Waals surface area contributed by atoms with Gasteiger partial charge in [-0.1, -0.05) is 25.1 Å². The quantitative estimate of drug-likeness (QED) is 0.762. The van der Waals surface area contributed by atoms with Crippen LogP contribution in [0.1, 0.15) is 25.3 Å². The zero-order valence-corrected chi connectivity index (χ0v) is 15.0. The molecular formula is C20H25N3O3. The first kappa shape index (κ1) is 18.2. The van der Waals surface area contributed by atoms with Crippen molar-refractivity contribution in [2.45, 2.75) is 26.3 Å². The summed E-state index contributed by atoms with van der Waals surface area (Å²) in [6.07, 6.45) is 3.48. The van der Waals surface area contributed by atoms with E-state index >= 15 is 0 Å². The minimum Gasteiger partial charge on any atom is -0.490 e. The Hall–Kier alpha value is -2.60. The number of aromatic nitrogens is 1. The number of rotatable bonds is 8. The SMILES string of the molecule is CCCOc1ccccc1Oc1ncccc1CNC(=O)C1CCNC1. The molecule has 1 aliphatic heterocycles. The lowest BCUT2D eigenvalue weighted by Crippen LogP contribution is -2.31. The van der Waals surface area contributed by atoms with Crippen molar-refractivity contribution in [1.29, 1.82) is 0 Å². The Morgan fingerprint density at radius 2 is 2.12 bits per heavy atom. The summed E-state index contributed by atoms with van der Waals surface area (Å²) in [5.41, 5.74) is 0.831. The fourth-order valence-corrected chi connectivity index (χ4v) is 2.83. The number of amides is 1. The van der Waals surface area contributed by atoms with Crippen molar-refractivity contribution in [1.82, 2.24) is 15.6 Å². The maximum atomic E-state index is 12.2. The normalized spacial score (nSPS) is 16.3. The molecule has 1 saturated heterocycles. The van der Waals surface area contributed by atoms with Gasteiger partial charge in [0.25, 0.3) is 0 Å². The minimum absolute atomic E-state index is 0.0409. The highest BCUT2D eigenvalue weighted by atomic mass is 16.5. The molecule has 1 unspecified atom stereocenters. The molecule has 2 N–H and O–H groups in total.